The molecule has 0 bridgehead atoms. The van der Waals surface area contributed by atoms with E-state index in [2.05, 4.69) is 93.7 Å². The molecular formula is C73H130O6. The van der Waals surface area contributed by atoms with Crippen LogP contribution in [-0.4, -0.2) is 37.2 Å². The first-order valence-electron chi connectivity index (χ1n) is 34.4. The largest absolute Gasteiger partial charge is 0.462 e. The van der Waals surface area contributed by atoms with Crippen molar-refractivity contribution in [2.45, 2.75) is 361 Å². The molecule has 0 aliphatic rings. The normalized spacial score (nSPS) is 12.5. The number of hydrogen-bond acceptors (Lipinski definition) is 6. The summed E-state index contributed by atoms with van der Waals surface area (Å²) in [6.07, 6.45) is 87.7. The molecule has 458 valence electrons. The third-order valence-corrected chi connectivity index (χ3v) is 15.2. The molecule has 0 rings (SSSR count). The van der Waals surface area contributed by atoms with Gasteiger partial charge in [0.05, 0.1) is 0 Å². The number of allylic oxidation sites excluding steroid dienone is 12. The molecule has 0 aliphatic heterocycles. The fourth-order valence-electron chi connectivity index (χ4n) is 10.1. The van der Waals surface area contributed by atoms with Gasteiger partial charge in [0.25, 0.3) is 0 Å². The van der Waals surface area contributed by atoms with E-state index in [9.17, 15) is 14.4 Å². The van der Waals surface area contributed by atoms with E-state index in [1.54, 1.807) is 0 Å². The van der Waals surface area contributed by atoms with Crippen molar-refractivity contribution in [2.24, 2.45) is 0 Å². The first-order valence-corrected chi connectivity index (χ1v) is 34.4. The van der Waals surface area contributed by atoms with Crippen molar-refractivity contribution in [3.63, 3.8) is 0 Å². The molecule has 0 aliphatic carbocycles. The molecule has 0 fully saturated rings. The maximum Gasteiger partial charge on any atom is 0.306 e. The molecular weight excluding hydrogens is 973 g/mol. The molecule has 0 saturated carbocycles. The number of rotatable bonds is 63. The molecule has 79 heavy (non-hydrogen) atoms. The van der Waals surface area contributed by atoms with Crippen LogP contribution in [0.2, 0.25) is 0 Å². The van der Waals surface area contributed by atoms with Gasteiger partial charge in [0.1, 0.15) is 13.2 Å². The van der Waals surface area contributed by atoms with E-state index in [1.807, 2.05) is 0 Å². The van der Waals surface area contributed by atoms with Crippen LogP contribution >= 0.6 is 0 Å². The van der Waals surface area contributed by atoms with Crippen molar-refractivity contribution in [3.8, 4) is 0 Å². The van der Waals surface area contributed by atoms with Gasteiger partial charge < -0.3 is 14.2 Å². The molecule has 1 unspecified atom stereocenters. The summed E-state index contributed by atoms with van der Waals surface area (Å²) in [5.41, 5.74) is 0. The van der Waals surface area contributed by atoms with Gasteiger partial charge in [-0.25, -0.2) is 0 Å². The quantitative estimate of drug-likeness (QED) is 0.0261. The lowest BCUT2D eigenvalue weighted by Gasteiger charge is -2.18. The van der Waals surface area contributed by atoms with Crippen LogP contribution in [0.3, 0.4) is 0 Å². The van der Waals surface area contributed by atoms with Crippen molar-refractivity contribution in [1.29, 1.82) is 0 Å². The fourth-order valence-corrected chi connectivity index (χ4v) is 10.1. The van der Waals surface area contributed by atoms with Crippen LogP contribution in [0.15, 0.2) is 72.9 Å². The molecule has 0 spiro atoms. The number of unbranched alkanes of at least 4 members (excludes halogenated alkanes) is 40. The first-order chi connectivity index (χ1) is 39.0. The Labute approximate surface area is 491 Å². The zero-order valence-corrected chi connectivity index (χ0v) is 52.6. The lowest BCUT2D eigenvalue weighted by Crippen LogP contribution is -2.30. The molecule has 0 N–H and O–H groups in total. The highest BCUT2D eigenvalue weighted by molar-refractivity contribution is 5.71. The summed E-state index contributed by atoms with van der Waals surface area (Å²) in [5, 5.41) is 0. The van der Waals surface area contributed by atoms with Crippen LogP contribution < -0.4 is 0 Å². The first kappa shape index (κ1) is 75.8. The lowest BCUT2D eigenvalue weighted by atomic mass is 10.0. The Morgan fingerprint density at radius 1 is 0.266 bits per heavy atom. The second kappa shape index (κ2) is 67.4. The average Bonchev–Trinajstić information content (AvgIpc) is 3.45. The van der Waals surface area contributed by atoms with E-state index in [4.69, 9.17) is 14.2 Å². The van der Waals surface area contributed by atoms with Crippen molar-refractivity contribution in [1.82, 2.24) is 0 Å². The van der Waals surface area contributed by atoms with Gasteiger partial charge >= 0.3 is 17.9 Å². The standard InChI is InChI=1S/C73H130O6/c1-4-7-10-13-16-19-22-25-28-30-32-34-35-36-37-39-40-42-45-48-51-54-57-60-63-66-72(75)78-69-70(68-77-71(74)65-62-59-56-53-50-47-44-27-24-21-18-15-12-9-6-3)79-73(76)67-64-61-58-55-52-49-46-43-41-38-33-31-29-26-23-20-17-14-11-8-5-2/h7,10,16,19,25,27-28,32,34,36-37,44,70H,4-6,8-9,11-15,17-18,20-24,26,29-31,33,35,38-43,45-69H2,1-3H3/b10-7-,19-16-,28-25-,34-32-,37-36-,44-27-. The molecule has 0 amide bonds. The van der Waals surface area contributed by atoms with Crippen molar-refractivity contribution in [2.75, 3.05) is 13.2 Å². The van der Waals surface area contributed by atoms with Gasteiger partial charge in [-0.1, -0.05) is 318 Å². The molecule has 0 aromatic heterocycles. The molecule has 0 aromatic carbocycles. The Bertz CT molecular complexity index is 1450. The van der Waals surface area contributed by atoms with E-state index >= 15 is 0 Å². The third-order valence-electron chi connectivity index (χ3n) is 15.2. The van der Waals surface area contributed by atoms with Crippen LogP contribution in [0.25, 0.3) is 0 Å². The number of carbonyl (C=O) groups is 3. The van der Waals surface area contributed by atoms with Crippen molar-refractivity contribution < 1.29 is 28.6 Å². The van der Waals surface area contributed by atoms with E-state index in [-0.39, 0.29) is 31.1 Å². The van der Waals surface area contributed by atoms with Gasteiger partial charge in [-0.3, -0.25) is 14.4 Å². The van der Waals surface area contributed by atoms with Gasteiger partial charge in [0.15, 0.2) is 6.10 Å². The summed E-state index contributed by atoms with van der Waals surface area (Å²) < 4.78 is 17.0. The van der Waals surface area contributed by atoms with Gasteiger partial charge in [-0.05, 0) is 89.9 Å². The third kappa shape index (κ3) is 65.5. The van der Waals surface area contributed by atoms with Gasteiger partial charge in [0, 0.05) is 19.3 Å². The van der Waals surface area contributed by atoms with E-state index in [0.29, 0.717) is 19.3 Å². The minimum absolute atomic E-state index is 0.0777. The zero-order chi connectivity index (χ0) is 57.1. The summed E-state index contributed by atoms with van der Waals surface area (Å²) in [4.78, 5) is 38.4. The van der Waals surface area contributed by atoms with E-state index in [1.165, 1.54) is 212 Å². The highest BCUT2D eigenvalue weighted by Gasteiger charge is 2.19. The van der Waals surface area contributed by atoms with Crippen LogP contribution in [0.1, 0.15) is 355 Å². The maximum absolute atomic E-state index is 13.0. The highest BCUT2D eigenvalue weighted by atomic mass is 16.6. The monoisotopic (exact) mass is 1100 g/mol. The second-order valence-electron chi connectivity index (χ2n) is 23.1. The van der Waals surface area contributed by atoms with Crippen LogP contribution in [0, 0.1) is 0 Å². The topological polar surface area (TPSA) is 78.9 Å². The Morgan fingerprint density at radius 3 is 0.785 bits per heavy atom. The molecule has 0 radical (unpaired) electrons. The summed E-state index contributed by atoms with van der Waals surface area (Å²) in [6.45, 7) is 6.57. The predicted octanol–water partition coefficient (Wildman–Crippen LogP) is 23.7. The van der Waals surface area contributed by atoms with E-state index in [0.717, 1.165) is 103 Å². The predicted molar refractivity (Wildman–Crippen MR) is 344 cm³/mol. The molecule has 0 saturated heterocycles. The fraction of sp³-hybridized carbons (Fsp3) is 0.795. The van der Waals surface area contributed by atoms with Crippen LogP contribution in [0.4, 0.5) is 0 Å². The summed E-state index contributed by atoms with van der Waals surface area (Å²) in [5.74, 6) is -0.870. The number of esters is 3. The van der Waals surface area contributed by atoms with Gasteiger partial charge in [-0.2, -0.15) is 0 Å². The Kier molecular flexibility index (Phi) is 64.7. The minimum atomic E-state index is -0.781. The Hall–Kier alpha value is -3.15. The molecule has 0 heterocycles. The van der Waals surface area contributed by atoms with Crippen molar-refractivity contribution in [3.05, 3.63) is 72.9 Å². The average molecular weight is 1100 g/mol. The number of carbonyl (C=O) groups excluding carboxylic acids is 3. The van der Waals surface area contributed by atoms with Crippen LogP contribution in [-0.2, 0) is 28.6 Å². The zero-order valence-electron chi connectivity index (χ0n) is 52.6. The highest BCUT2D eigenvalue weighted by Crippen LogP contribution is 2.18. The lowest BCUT2D eigenvalue weighted by molar-refractivity contribution is -0.167. The molecule has 0 aromatic rings. The molecule has 6 nitrogen and oxygen atoms in total. The smallest absolute Gasteiger partial charge is 0.306 e. The van der Waals surface area contributed by atoms with Crippen LogP contribution in [0.5, 0.6) is 0 Å². The number of hydrogen-bond donors (Lipinski definition) is 0. The van der Waals surface area contributed by atoms with Gasteiger partial charge in [-0.15, -0.1) is 0 Å². The SMILES string of the molecule is CC/C=C\C/C=C\C/C=C\C/C=C\C/C=C\CCCCCCCCCCCC(=O)OCC(COC(=O)CCCCCCC/C=C\CCCCCCCC)OC(=O)CCCCCCCCCCCCCCCCCCCCCCC. The number of ether oxygens (including phenoxy) is 3. The van der Waals surface area contributed by atoms with Gasteiger partial charge in [0.2, 0.25) is 0 Å². The maximum atomic E-state index is 13.0. The Balaban J connectivity index is 4.33. The molecule has 1 atom stereocenters. The summed E-state index contributed by atoms with van der Waals surface area (Å²) in [7, 11) is 0. The molecule has 6 heteroatoms. The Morgan fingerprint density at radius 2 is 0.494 bits per heavy atom. The summed E-state index contributed by atoms with van der Waals surface area (Å²) in [6, 6.07) is 0. The van der Waals surface area contributed by atoms with Crippen molar-refractivity contribution >= 4 is 17.9 Å². The summed E-state index contributed by atoms with van der Waals surface area (Å²) >= 11 is 0. The second-order valence-corrected chi connectivity index (χ2v) is 23.1. The minimum Gasteiger partial charge on any atom is -0.462 e. The van der Waals surface area contributed by atoms with E-state index < -0.39 is 6.10 Å².